The van der Waals surface area contributed by atoms with Crippen LogP contribution in [0.2, 0.25) is 0 Å². The van der Waals surface area contributed by atoms with Gasteiger partial charge in [0.25, 0.3) is 0 Å². The molecule has 1 N–H and O–H groups in total. The molecule has 90 valence electrons. The SMILES string of the molecule is Cc1ccc(Nc2nnc(CCCl)o2)cc1C. The van der Waals surface area contributed by atoms with E-state index in [1.54, 1.807) is 0 Å². The summed E-state index contributed by atoms with van der Waals surface area (Å²) in [5.41, 5.74) is 3.41. The van der Waals surface area contributed by atoms with Crippen LogP contribution in [0.3, 0.4) is 0 Å². The van der Waals surface area contributed by atoms with E-state index in [-0.39, 0.29) is 0 Å². The number of nitrogens with one attached hydrogen (secondary N) is 1. The van der Waals surface area contributed by atoms with Crippen LogP contribution < -0.4 is 5.32 Å². The van der Waals surface area contributed by atoms with Gasteiger partial charge in [0.2, 0.25) is 5.89 Å². The maximum absolute atomic E-state index is 5.60. The molecular weight excluding hydrogens is 238 g/mol. The van der Waals surface area contributed by atoms with Gasteiger partial charge in [-0.3, -0.25) is 0 Å². The van der Waals surface area contributed by atoms with E-state index in [9.17, 15) is 0 Å². The van der Waals surface area contributed by atoms with Crippen molar-refractivity contribution in [1.29, 1.82) is 0 Å². The summed E-state index contributed by atoms with van der Waals surface area (Å²) in [5, 5.41) is 10.8. The Morgan fingerprint density at radius 3 is 2.76 bits per heavy atom. The molecule has 1 aromatic carbocycles. The molecule has 0 saturated heterocycles. The number of alkyl halides is 1. The van der Waals surface area contributed by atoms with Gasteiger partial charge in [0, 0.05) is 18.0 Å². The fourth-order valence-corrected chi connectivity index (χ4v) is 1.59. The molecule has 0 unspecified atom stereocenters. The first-order chi connectivity index (χ1) is 8.19. The van der Waals surface area contributed by atoms with Crippen molar-refractivity contribution < 1.29 is 4.42 Å². The molecule has 4 nitrogen and oxygen atoms in total. The number of halogens is 1. The average Bonchev–Trinajstić information content (AvgIpc) is 2.72. The molecule has 0 amide bonds. The van der Waals surface area contributed by atoms with Crippen LogP contribution in [0.5, 0.6) is 0 Å². The van der Waals surface area contributed by atoms with Gasteiger partial charge in [-0.1, -0.05) is 11.2 Å². The predicted molar refractivity (Wildman–Crippen MR) is 67.9 cm³/mol. The lowest BCUT2D eigenvalue weighted by Crippen LogP contribution is -1.91. The van der Waals surface area contributed by atoms with E-state index in [2.05, 4.69) is 29.4 Å². The van der Waals surface area contributed by atoms with Crippen LogP contribution in [-0.4, -0.2) is 16.1 Å². The Morgan fingerprint density at radius 2 is 2.06 bits per heavy atom. The molecule has 2 rings (SSSR count). The Balaban J connectivity index is 2.11. The Morgan fingerprint density at radius 1 is 1.24 bits per heavy atom. The van der Waals surface area contributed by atoms with Crippen molar-refractivity contribution in [3.63, 3.8) is 0 Å². The van der Waals surface area contributed by atoms with Crippen molar-refractivity contribution in [2.45, 2.75) is 20.3 Å². The number of hydrogen-bond acceptors (Lipinski definition) is 4. The van der Waals surface area contributed by atoms with Gasteiger partial charge in [-0.05, 0) is 37.1 Å². The van der Waals surface area contributed by atoms with Gasteiger partial charge < -0.3 is 9.73 Å². The van der Waals surface area contributed by atoms with Gasteiger partial charge in [-0.2, -0.15) is 0 Å². The fraction of sp³-hybridized carbons (Fsp3) is 0.333. The van der Waals surface area contributed by atoms with Crippen molar-refractivity contribution in [1.82, 2.24) is 10.2 Å². The maximum atomic E-state index is 5.60. The third-order valence-electron chi connectivity index (χ3n) is 2.53. The summed E-state index contributed by atoms with van der Waals surface area (Å²) in [6, 6.07) is 6.47. The number of anilines is 2. The average molecular weight is 252 g/mol. The number of benzene rings is 1. The molecular formula is C12H14ClN3O. The minimum atomic E-state index is 0.397. The number of aromatic nitrogens is 2. The summed E-state index contributed by atoms with van der Waals surface area (Å²) in [6.07, 6.45) is 0.586. The highest BCUT2D eigenvalue weighted by atomic mass is 35.5. The van der Waals surface area contributed by atoms with Crippen molar-refractivity contribution in [3.05, 3.63) is 35.2 Å². The lowest BCUT2D eigenvalue weighted by molar-refractivity contribution is 0.516. The van der Waals surface area contributed by atoms with Crippen molar-refractivity contribution in [2.75, 3.05) is 11.2 Å². The predicted octanol–water partition coefficient (Wildman–Crippen LogP) is 3.21. The van der Waals surface area contributed by atoms with Crippen LogP contribution in [0.1, 0.15) is 17.0 Å². The van der Waals surface area contributed by atoms with E-state index in [1.165, 1.54) is 11.1 Å². The second kappa shape index (κ2) is 5.19. The zero-order valence-electron chi connectivity index (χ0n) is 9.83. The van der Waals surface area contributed by atoms with Crippen molar-refractivity contribution in [3.8, 4) is 0 Å². The second-order valence-corrected chi connectivity index (χ2v) is 4.24. The molecule has 1 aromatic heterocycles. The molecule has 5 heteroatoms. The van der Waals surface area contributed by atoms with Crippen LogP contribution in [0.15, 0.2) is 22.6 Å². The van der Waals surface area contributed by atoms with E-state index in [0.717, 1.165) is 5.69 Å². The van der Waals surface area contributed by atoms with Gasteiger partial charge in [0.1, 0.15) is 0 Å². The molecule has 1 heterocycles. The van der Waals surface area contributed by atoms with E-state index in [0.29, 0.717) is 24.2 Å². The summed E-state index contributed by atoms with van der Waals surface area (Å²) >= 11 is 5.60. The van der Waals surface area contributed by atoms with Crippen LogP contribution in [-0.2, 0) is 6.42 Å². The minimum absolute atomic E-state index is 0.397. The summed E-state index contributed by atoms with van der Waals surface area (Å²) in [5.74, 6) is 1.02. The number of hydrogen-bond donors (Lipinski definition) is 1. The van der Waals surface area contributed by atoms with Crippen LogP contribution >= 0.6 is 11.6 Å². The summed E-state index contributed by atoms with van der Waals surface area (Å²) < 4.78 is 5.38. The molecule has 0 radical (unpaired) electrons. The number of nitrogens with zero attached hydrogens (tertiary/aromatic N) is 2. The Hall–Kier alpha value is -1.55. The van der Waals surface area contributed by atoms with Gasteiger partial charge in [-0.15, -0.1) is 16.7 Å². The fourth-order valence-electron chi connectivity index (χ4n) is 1.43. The first kappa shape index (κ1) is 11.9. The lowest BCUT2D eigenvalue weighted by Gasteiger charge is -2.04. The summed E-state index contributed by atoms with van der Waals surface area (Å²) in [6.45, 7) is 4.14. The van der Waals surface area contributed by atoms with Gasteiger partial charge in [0.15, 0.2) is 0 Å². The van der Waals surface area contributed by atoms with Crippen molar-refractivity contribution in [2.24, 2.45) is 0 Å². The van der Waals surface area contributed by atoms with Crippen molar-refractivity contribution >= 4 is 23.3 Å². The largest absolute Gasteiger partial charge is 0.408 e. The standard InChI is InChI=1S/C12H14ClN3O/c1-8-3-4-10(7-9(8)2)14-12-16-15-11(17-12)5-6-13/h3-4,7H,5-6H2,1-2H3,(H,14,16). The molecule has 0 aliphatic carbocycles. The van der Waals surface area contributed by atoms with E-state index >= 15 is 0 Å². The van der Waals surface area contributed by atoms with E-state index in [1.807, 2.05) is 18.2 Å². The lowest BCUT2D eigenvalue weighted by atomic mass is 10.1. The highest BCUT2D eigenvalue weighted by Crippen LogP contribution is 2.18. The topological polar surface area (TPSA) is 51.0 Å². The Bertz CT molecular complexity index is 510. The third-order valence-corrected chi connectivity index (χ3v) is 2.72. The van der Waals surface area contributed by atoms with Gasteiger partial charge >= 0.3 is 6.01 Å². The monoisotopic (exact) mass is 251 g/mol. The van der Waals surface area contributed by atoms with Crippen LogP contribution in [0.25, 0.3) is 0 Å². The zero-order valence-corrected chi connectivity index (χ0v) is 10.6. The Labute approximate surface area is 105 Å². The Kier molecular flexibility index (Phi) is 3.64. The number of rotatable bonds is 4. The molecule has 17 heavy (non-hydrogen) atoms. The first-order valence-corrected chi connectivity index (χ1v) is 5.95. The zero-order chi connectivity index (χ0) is 12.3. The minimum Gasteiger partial charge on any atom is -0.408 e. The third kappa shape index (κ3) is 2.97. The van der Waals surface area contributed by atoms with Gasteiger partial charge in [-0.25, -0.2) is 0 Å². The highest BCUT2D eigenvalue weighted by Gasteiger charge is 2.05. The first-order valence-electron chi connectivity index (χ1n) is 5.41. The molecule has 0 spiro atoms. The highest BCUT2D eigenvalue weighted by molar-refractivity contribution is 6.17. The second-order valence-electron chi connectivity index (χ2n) is 3.86. The van der Waals surface area contributed by atoms with Crippen LogP contribution in [0.4, 0.5) is 11.7 Å². The molecule has 0 atom stereocenters. The van der Waals surface area contributed by atoms with Gasteiger partial charge in [0.05, 0.1) is 0 Å². The summed E-state index contributed by atoms with van der Waals surface area (Å²) in [7, 11) is 0. The molecule has 0 aliphatic heterocycles. The van der Waals surface area contributed by atoms with E-state index < -0.39 is 0 Å². The smallest absolute Gasteiger partial charge is 0.320 e. The normalized spacial score (nSPS) is 10.5. The number of aryl methyl sites for hydroxylation is 3. The quantitative estimate of drug-likeness (QED) is 0.848. The molecule has 0 aliphatic rings. The summed E-state index contributed by atoms with van der Waals surface area (Å²) in [4.78, 5) is 0. The van der Waals surface area contributed by atoms with E-state index in [4.69, 9.17) is 16.0 Å². The maximum Gasteiger partial charge on any atom is 0.320 e. The van der Waals surface area contributed by atoms with Crippen LogP contribution in [0, 0.1) is 13.8 Å². The molecule has 0 bridgehead atoms. The molecule has 0 saturated carbocycles. The molecule has 0 fully saturated rings. The molecule has 2 aromatic rings.